The highest BCUT2D eigenvalue weighted by Gasteiger charge is 2.08. The zero-order chi connectivity index (χ0) is 16.1. The summed E-state index contributed by atoms with van der Waals surface area (Å²) in [7, 11) is 1.55. The van der Waals surface area contributed by atoms with Gasteiger partial charge in [-0.05, 0) is 42.0 Å². The lowest BCUT2D eigenvalue weighted by atomic mass is 10.0. The number of nitriles is 1. The van der Waals surface area contributed by atoms with Crippen molar-refractivity contribution in [2.45, 2.75) is 0 Å². The van der Waals surface area contributed by atoms with Crippen LogP contribution in [0.25, 0.3) is 11.6 Å². The van der Waals surface area contributed by atoms with Gasteiger partial charge in [0.05, 0.1) is 23.7 Å². The summed E-state index contributed by atoms with van der Waals surface area (Å²) < 4.78 is 6.13. The number of ether oxygens (including phenoxy) is 1. The van der Waals surface area contributed by atoms with Crippen LogP contribution in [0.5, 0.6) is 5.75 Å². The molecule has 0 saturated heterocycles. The van der Waals surface area contributed by atoms with Crippen LogP contribution in [0.3, 0.4) is 0 Å². The number of methoxy groups -OCH3 is 1. The zero-order valence-electron chi connectivity index (χ0n) is 11.6. The lowest BCUT2D eigenvalue weighted by Crippen LogP contribution is -1.90. The molecule has 2 aromatic carbocycles. The highest BCUT2D eigenvalue weighted by atomic mass is 79.9. The monoisotopic (exact) mass is 358 g/mol. The molecule has 0 aliphatic carbocycles. The first-order valence-electron chi connectivity index (χ1n) is 6.25. The molecule has 0 saturated carbocycles. The second-order valence-corrected chi connectivity index (χ2v) is 5.28. The molecule has 0 aromatic heterocycles. The number of non-ortho nitro benzene ring substituents is 1. The molecule has 0 fully saturated rings. The van der Waals surface area contributed by atoms with E-state index < -0.39 is 4.92 Å². The Morgan fingerprint density at radius 3 is 2.55 bits per heavy atom. The lowest BCUT2D eigenvalue weighted by Gasteiger charge is -2.06. The highest BCUT2D eigenvalue weighted by molar-refractivity contribution is 9.10. The largest absolute Gasteiger partial charge is 0.496 e. The molecule has 110 valence electrons. The molecule has 6 heteroatoms. The Hall–Kier alpha value is -2.65. The fourth-order valence-corrected chi connectivity index (χ4v) is 2.30. The van der Waals surface area contributed by atoms with E-state index in [4.69, 9.17) is 4.74 Å². The van der Waals surface area contributed by atoms with Crippen LogP contribution in [-0.4, -0.2) is 12.0 Å². The number of rotatable bonds is 4. The summed E-state index contributed by atoms with van der Waals surface area (Å²) >= 11 is 3.38. The van der Waals surface area contributed by atoms with Crippen LogP contribution in [0.4, 0.5) is 5.69 Å². The molecule has 0 amide bonds. The molecule has 2 aromatic rings. The van der Waals surface area contributed by atoms with Crippen molar-refractivity contribution in [2.75, 3.05) is 7.11 Å². The number of hydrogen-bond acceptors (Lipinski definition) is 4. The van der Waals surface area contributed by atoms with Gasteiger partial charge in [-0.25, -0.2) is 0 Å². The number of nitro groups is 1. The molecule has 22 heavy (non-hydrogen) atoms. The molecule has 0 aliphatic heterocycles. The first-order valence-corrected chi connectivity index (χ1v) is 7.04. The second kappa shape index (κ2) is 6.87. The molecule has 0 bridgehead atoms. The van der Waals surface area contributed by atoms with Crippen LogP contribution in [0, 0.1) is 21.4 Å². The van der Waals surface area contributed by atoms with Crippen molar-refractivity contribution in [3.63, 3.8) is 0 Å². The van der Waals surface area contributed by atoms with Crippen molar-refractivity contribution >= 4 is 33.3 Å². The van der Waals surface area contributed by atoms with Crippen molar-refractivity contribution in [2.24, 2.45) is 0 Å². The third-order valence-corrected chi connectivity index (χ3v) is 3.49. The van der Waals surface area contributed by atoms with Crippen LogP contribution < -0.4 is 4.74 Å². The molecule has 0 radical (unpaired) electrons. The fraction of sp³-hybridized carbons (Fsp3) is 0.0625. The number of nitrogens with zero attached hydrogens (tertiary/aromatic N) is 2. The maximum atomic E-state index is 10.7. The summed E-state index contributed by atoms with van der Waals surface area (Å²) in [5, 5.41) is 20.0. The van der Waals surface area contributed by atoms with E-state index in [9.17, 15) is 15.4 Å². The summed E-state index contributed by atoms with van der Waals surface area (Å²) in [4.78, 5) is 10.2. The van der Waals surface area contributed by atoms with E-state index >= 15 is 0 Å². The Balaban J connectivity index is 2.46. The highest BCUT2D eigenvalue weighted by Crippen LogP contribution is 2.28. The van der Waals surface area contributed by atoms with E-state index in [1.807, 2.05) is 12.1 Å². The van der Waals surface area contributed by atoms with E-state index in [0.29, 0.717) is 16.9 Å². The van der Waals surface area contributed by atoms with Crippen LogP contribution in [0.15, 0.2) is 46.9 Å². The van der Waals surface area contributed by atoms with Crippen molar-refractivity contribution in [1.29, 1.82) is 5.26 Å². The maximum absolute atomic E-state index is 10.7. The van der Waals surface area contributed by atoms with Crippen LogP contribution in [0.2, 0.25) is 0 Å². The van der Waals surface area contributed by atoms with E-state index in [-0.39, 0.29) is 5.69 Å². The summed E-state index contributed by atoms with van der Waals surface area (Å²) in [5.74, 6) is 0.637. The van der Waals surface area contributed by atoms with Crippen molar-refractivity contribution in [3.05, 3.63) is 68.2 Å². The molecule has 0 atom stereocenters. The van der Waals surface area contributed by atoms with Gasteiger partial charge in [0.2, 0.25) is 0 Å². The smallest absolute Gasteiger partial charge is 0.269 e. The van der Waals surface area contributed by atoms with Gasteiger partial charge in [0.1, 0.15) is 5.75 Å². The van der Waals surface area contributed by atoms with E-state index in [2.05, 4.69) is 22.0 Å². The fourth-order valence-electron chi connectivity index (χ4n) is 1.92. The summed E-state index contributed by atoms with van der Waals surface area (Å²) in [6, 6.07) is 13.4. The first kappa shape index (κ1) is 15.7. The Morgan fingerprint density at radius 2 is 2.00 bits per heavy atom. The van der Waals surface area contributed by atoms with E-state index in [0.717, 1.165) is 10.0 Å². The number of nitro benzene ring substituents is 1. The molecular formula is C16H11BrN2O3. The van der Waals surface area contributed by atoms with Crippen LogP contribution in [-0.2, 0) is 0 Å². The number of hydrogen-bond donors (Lipinski definition) is 0. The van der Waals surface area contributed by atoms with Gasteiger partial charge in [-0.2, -0.15) is 5.26 Å². The maximum Gasteiger partial charge on any atom is 0.269 e. The molecule has 0 unspecified atom stereocenters. The molecule has 0 aliphatic rings. The summed E-state index contributed by atoms with van der Waals surface area (Å²) in [6.45, 7) is 0. The minimum atomic E-state index is -0.475. The Morgan fingerprint density at radius 1 is 1.32 bits per heavy atom. The van der Waals surface area contributed by atoms with E-state index in [1.54, 1.807) is 31.4 Å². The third-order valence-electron chi connectivity index (χ3n) is 3.00. The molecule has 5 nitrogen and oxygen atoms in total. The zero-order valence-corrected chi connectivity index (χ0v) is 13.2. The quantitative estimate of drug-likeness (QED) is 0.350. The first-order chi connectivity index (χ1) is 10.5. The van der Waals surface area contributed by atoms with Gasteiger partial charge in [0.25, 0.3) is 5.69 Å². The average molecular weight is 359 g/mol. The predicted octanol–water partition coefficient (Wildman–Crippen LogP) is 4.43. The van der Waals surface area contributed by atoms with Gasteiger partial charge >= 0.3 is 0 Å². The van der Waals surface area contributed by atoms with Gasteiger partial charge in [0, 0.05) is 22.2 Å². The van der Waals surface area contributed by atoms with Crippen molar-refractivity contribution in [1.82, 2.24) is 0 Å². The minimum Gasteiger partial charge on any atom is -0.496 e. The second-order valence-electron chi connectivity index (χ2n) is 4.36. The third kappa shape index (κ3) is 3.51. The van der Waals surface area contributed by atoms with Crippen LogP contribution in [0.1, 0.15) is 11.1 Å². The SMILES string of the molecule is COc1ccc(Br)cc1/C=C(/C#N)c1ccc([N+](=O)[O-])cc1. The molecule has 0 heterocycles. The van der Waals surface area contributed by atoms with Gasteiger partial charge in [0.15, 0.2) is 0 Å². The van der Waals surface area contributed by atoms with Gasteiger partial charge in [-0.15, -0.1) is 0 Å². The van der Waals surface area contributed by atoms with Crippen molar-refractivity contribution < 1.29 is 9.66 Å². The topological polar surface area (TPSA) is 76.2 Å². The van der Waals surface area contributed by atoms with Crippen LogP contribution >= 0.6 is 15.9 Å². The van der Waals surface area contributed by atoms with Gasteiger partial charge < -0.3 is 4.74 Å². The number of benzene rings is 2. The Kier molecular flexibility index (Phi) is 4.92. The molecule has 0 spiro atoms. The normalized spacial score (nSPS) is 10.9. The summed E-state index contributed by atoms with van der Waals surface area (Å²) in [6.07, 6.45) is 1.69. The predicted molar refractivity (Wildman–Crippen MR) is 87.3 cm³/mol. The Labute approximate surface area is 135 Å². The number of allylic oxidation sites excluding steroid dienone is 1. The molecular weight excluding hydrogens is 348 g/mol. The Bertz CT molecular complexity index is 777. The lowest BCUT2D eigenvalue weighted by molar-refractivity contribution is -0.384. The average Bonchev–Trinajstić information content (AvgIpc) is 2.53. The molecule has 2 rings (SSSR count). The standard InChI is InChI=1S/C16H11BrN2O3/c1-22-16-7-4-14(17)9-12(16)8-13(10-18)11-2-5-15(6-3-11)19(20)21/h2-9H,1H3/b13-8-. The van der Waals surface area contributed by atoms with Crippen molar-refractivity contribution in [3.8, 4) is 11.8 Å². The molecule has 0 N–H and O–H groups in total. The van der Waals surface area contributed by atoms with Gasteiger partial charge in [-0.3, -0.25) is 10.1 Å². The summed E-state index contributed by atoms with van der Waals surface area (Å²) in [5.41, 5.74) is 1.73. The number of halogens is 1. The van der Waals surface area contributed by atoms with Gasteiger partial charge in [-0.1, -0.05) is 15.9 Å². The van der Waals surface area contributed by atoms with E-state index in [1.165, 1.54) is 12.1 Å². The minimum absolute atomic E-state index is 0.0129.